The van der Waals surface area contributed by atoms with Crippen LogP contribution in [0.3, 0.4) is 0 Å². The van der Waals surface area contributed by atoms with E-state index in [0.717, 1.165) is 73.1 Å². The molecular weight excluding hydrogens is 448 g/mol. The van der Waals surface area contributed by atoms with Gasteiger partial charge in [-0.2, -0.15) is 5.10 Å². The summed E-state index contributed by atoms with van der Waals surface area (Å²) in [5.74, 6) is 2.28. The molecule has 184 valence electrons. The molecule has 1 aliphatic heterocycles. The van der Waals surface area contributed by atoms with Crippen molar-refractivity contribution in [3.8, 4) is 5.69 Å². The van der Waals surface area contributed by atoms with Gasteiger partial charge >= 0.3 is 0 Å². The zero-order chi connectivity index (χ0) is 24.5. The van der Waals surface area contributed by atoms with Crippen LogP contribution in [0.25, 0.3) is 16.7 Å². The van der Waals surface area contributed by atoms with E-state index in [4.69, 9.17) is 15.1 Å². The lowest BCUT2D eigenvalue weighted by molar-refractivity contribution is -0.135. The summed E-state index contributed by atoms with van der Waals surface area (Å²) in [6.07, 6.45) is 5.12. The van der Waals surface area contributed by atoms with Crippen molar-refractivity contribution in [3.05, 3.63) is 77.7 Å². The second-order valence-electron chi connectivity index (χ2n) is 9.95. The molecule has 0 N–H and O–H groups in total. The van der Waals surface area contributed by atoms with Crippen molar-refractivity contribution in [2.45, 2.75) is 39.0 Å². The van der Waals surface area contributed by atoms with Gasteiger partial charge in [-0.3, -0.25) is 4.79 Å². The Morgan fingerprint density at radius 2 is 1.56 bits per heavy atom. The predicted molar refractivity (Wildman–Crippen MR) is 141 cm³/mol. The van der Waals surface area contributed by atoms with Crippen LogP contribution in [0.4, 0.5) is 5.82 Å². The number of hydrogen-bond acceptors (Lipinski definition) is 5. The number of hydrogen-bond donors (Lipinski definition) is 0. The fourth-order valence-electron chi connectivity index (χ4n) is 5.61. The Morgan fingerprint density at radius 1 is 0.889 bits per heavy atom. The van der Waals surface area contributed by atoms with E-state index in [1.807, 2.05) is 48.0 Å². The average Bonchev–Trinajstić information content (AvgIpc) is 3.58. The van der Waals surface area contributed by atoms with Gasteiger partial charge in [0.1, 0.15) is 11.6 Å². The number of carbonyl (C=O) groups excluding carboxylic acids is 1. The first-order chi connectivity index (χ1) is 17.7. The standard InChI is InChI=1S/C29H32N6O/c1-21-26-27(33-16-18-34(19-17-33)29(36)23-12-8-9-13-23)30-25(20-22-10-4-2-5-11-22)31-28(26)35(32-21)24-14-6-3-7-15-24/h2-7,10-11,14-15,23H,8-9,12-13,16-20H2,1H3. The molecule has 36 heavy (non-hydrogen) atoms. The molecule has 2 aliphatic rings. The molecule has 0 radical (unpaired) electrons. The first kappa shape index (κ1) is 22.7. The molecular formula is C29H32N6O. The lowest BCUT2D eigenvalue weighted by Gasteiger charge is -2.37. The number of para-hydroxylation sites is 1. The van der Waals surface area contributed by atoms with E-state index in [0.29, 0.717) is 12.3 Å². The summed E-state index contributed by atoms with van der Waals surface area (Å²) in [5.41, 5.74) is 3.91. The van der Waals surface area contributed by atoms with Gasteiger partial charge in [-0.15, -0.1) is 0 Å². The molecule has 1 amide bonds. The van der Waals surface area contributed by atoms with Crippen LogP contribution in [-0.4, -0.2) is 56.7 Å². The van der Waals surface area contributed by atoms with E-state index in [2.05, 4.69) is 34.1 Å². The third-order valence-corrected chi connectivity index (χ3v) is 7.53. The fraction of sp³-hybridized carbons (Fsp3) is 0.379. The minimum atomic E-state index is 0.228. The van der Waals surface area contributed by atoms with Crippen LogP contribution in [0.2, 0.25) is 0 Å². The molecule has 3 heterocycles. The van der Waals surface area contributed by atoms with Crippen molar-refractivity contribution < 1.29 is 4.79 Å². The Bertz CT molecular complexity index is 1350. The van der Waals surface area contributed by atoms with Gasteiger partial charge < -0.3 is 9.80 Å². The lowest BCUT2D eigenvalue weighted by atomic mass is 10.1. The van der Waals surface area contributed by atoms with E-state index < -0.39 is 0 Å². The first-order valence-corrected chi connectivity index (χ1v) is 13.1. The summed E-state index contributed by atoms with van der Waals surface area (Å²) in [6.45, 7) is 5.05. The Kier molecular flexibility index (Phi) is 6.13. The molecule has 6 rings (SSSR count). The minimum Gasteiger partial charge on any atom is -0.352 e. The average molecular weight is 481 g/mol. The summed E-state index contributed by atoms with van der Waals surface area (Å²) < 4.78 is 1.93. The number of amides is 1. The van der Waals surface area contributed by atoms with Crippen molar-refractivity contribution in [1.29, 1.82) is 0 Å². The Hall–Kier alpha value is -3.74. The molecule has 2 aromatic heterocycles. The maximum Gasteiger partial charge on any atom is 0.225 e. The molecule has 0 bridgehead atoms. The summed E-state index contributed by atoms with van der Waals surface area (Å²) in [7, 11) is 0. The number of piperazine rings is 1. The van der Waals surface area contributed by atoms with Crippen molar-refractivity contribution in [1.82, 2.24) is 24.6 Å². The number of carbonyl (C=O) groups is 1. The van der Waals surface area contributed by atoms with Gasteiger partial charge in [0.15, 0.2) is 5.65 Å². The summed E-state index contributed by atoms with van der Waals surface area (Å²) in [5, 5.41) is 5.87. The number of aryl methyl sites for hydroxylation is 1. The Balaban J connectivity index is 1.36. The molecule has 2 fully saturated rings. The van der Waals surface area contributed by atoms with Gasteiger partial charge in [0.05, 0.1) is 16.8 Å². The molecule has 1 saturated carbocycles. The van der Waals surface area contributed by atoms with E-state index in [-0.39, 0.29) is 5.92 Å². The lowest BCUT2D eigenvalue weighted by Crippen LogP contribution is -2.50. The summed E-state index contributed by atoms with van der Waals surface area (Å²) in [6, 6.07) is 20.5. The van der Waals surface area contributed by atoms with Crippen molar-refractivity contribution in [3.63, 3.8) is 0 Å². The van der Waals surface area contributed by atoms with Gasteiger partial charge in [0.2, 0.25) is 5.91 Å². The van der Waals surface area contributed by atoms with Crippen LogP contribution in [0.5, 0.6) is 0 Å². The highest BCUT2D eigenvalue weighted by Gasteiger charge is 2.31. The molecule has 7 nitrogen and oxygen atoms in total. The number of anilines is 1. The summed E-state index contributed by atoms with van der Waals surface area (Å²) in [4.78, 5) is 27.5. The molecule has 0 atom stereocenters. The van der Waals surface area contributed by atoms with Gasteiger partial charge in [-0.05, 0) is 37.5 Å². The molecule has 1 saturated heterocycles. The Morgan fingerprint density at radius 3 is 2.25 bits per heavy atom. The third kappa shape index (κ3) is 4.34. The van der Waals surface area contributed by atoms with Crippen LogP contribution >= 0.6 is 0 Å². The van der Waals surface area contributed by atoms with Gasteiger partial charge in [-0.1, -0.05) is 61.4 Å². The number of fused-ring (bicyclic) bond motifs is 1. The highest BCUT2D eigenvalue weighted by atomic mass is 16.2. The quantitative estimate of drug-likeness (QED) is 0.419. The van der Waals surface area contributed by atoms with E-state index >= 15 is 0 Å². The maximum atomic E-state index is 13.0. The van der Waals surface area contributed by atoms with Crippen molar-refractivity contribution in [2.24, 2.45) is 5.92 Å². The van der Waals surface area contributed by atoms with Crippen LogP contribution in [0.15, 0.2) is 60.7 Å². The molecule has 0 spiro atoms. The largest absolute Gasteiger partial charge is 0.352 e. The molecule has 2 aromatic carbocycles. The molecule has 0 unspecified atom stereocenters. The smallest absolute Gasteiger partial charge is 0.225 e. The van der Waals surface area contributed by atoms with E-state index in [1.54, 1.807) is 0 Å². The zero-order valence-electron chi connectivity index (χ0n) is 20.8. The zero-order valence-corrected chi connectivity index (χ0v) is 20.8. The highest BCUT2D eigenvalue weighted by molar-refractivity contribution is 5.91. The molecule has 7 heteroatoms. The van der Waals surface area contributed by atoms with Crippen molar-refractivity contribution in [2.75, 3.05) is 31.1 Å². The van der Waals surface area contributed by atoms with Gasteiger partial charge in [0.25, 0.3) is 0 Å². The molecule has 4 aromatic rings. The van der Waals surface area contributed by atoms with Gasteiger partial charge in [0, 0.05) is 38.5 Å². The number of nitrogens with zero attached hydrogens (tertiary/aromatic N) is 6. The fourth-order valence-corrected chi connectivity index (χ4v) is 5.61. The maximum absolute atomic E-state index is 13.0. The van der Waals surface area contributed by atoms with E-state index in [1.165, 1.54) is 18.4 Å². The van der Waals surface area contributed by atoms with Crippen LogP contribution < -0.4 is 4.90 Å². The molecule has 1 aliphatic carbocycles. The topological polar surface area (TPSA) is 67.2 Å². The number of benzene rings is 2. The summed E-state index contributed by atoms with van der Waals surface area (Å²) >= 11 is 0. The van der Waals surface area contributed by atoms with Crippen molar-refractivity contribution >= 4 is 22.8 Å². The third-order valence-electron chi connectivity index (χ3n) is 7.53. The van der Waals surface area contributed by atoms with E-state index in [9.17, 15) is 4.79 Å². The second-order valence-corrected chi connectivity index (χ2v) is 9.95. The Labute approximate surface area is 211 Å². The predicted octanol–water partition coefficient (Wildman–Crippen LogP) is 4.55. The number of rotatable bonds is 5. The minimum absolute atomic E-state index is 0.228. The highest BCUT2D eigenvalue weighted by Crippen LogP contribution is 2.31. The SMILES string of the molecule is Cc1nn(-c2ccccc2)c2nc(Cc3ccccc3)nc(N3CCN(C(=O)C4CCCC4)CC3)c12. The number of aromatic nitrogens is 4. The normalized spacial score (nSPS) is 16.7. The second kappa shape index (κ2) is 9.72. The van der Waals surface area contributed by atoms with Gasteiger partial charge in [-0.25, -0.2) is 14.6 Å². The van der Waals surface area contributed by atoms with Crippen LogP contribution in [0.1, 0.15) is 42.8 Å². The van der Waals surface area contributed by atoms with Crippen LogP contribution in [-0.2, 0) is 11.2 Å². The first-order valence-electron chi connectivity index (χ1n) is 13.1. The van der Waals surface area contributed by atoms with Crippen LogP contribution in [0, 0.1) is 12.8 Å². The monoisotopic (exact) mass is 480 g/mol.